The quantitative estimate of drug-likeness (QED) is 0.293. The van der Waals surface area contributed by atoms with E-state index < -0.39 is 0 Å². The van der Waals surface area contributed by atoms with Crippen LogP contribution in [-0.4, -0.2) is 36.0 Å². The number of hydrogen-bond donors (Lipinski definition) is 3. The fourth-order valence-electron chi connectivity index (χ4n) is 4.02. The molecule has 5 heterocycles. The predicted molar refractivity (Wildman–Crippen MR) is 129 cm³/mol. The lowest BCUT2D eigenvalue weighted by Crippen LogP contribution is -1.85. The molecule has 0 aliphatic carbocycles. The molecule has 7 nitrogen and oxygen atoms in total. The van der Waals surface area contributed by atoms with Crippen LogP contribution in [0.5, 0.6) is 5.75 Å². The average molecular weight is 452 g/mol. The summed E-state index contributed by atoms with van der Waals surface area (Å²) in [4.78, 5) is 25.6. The summed E-state index contributed by atoms with van der Waals surface area (Å²) >= 11 is 1.50. The van der Waals surface area contributed by atoms with Gasteiger partial charge in [-0.3, -0.25) is 19.9 Å². The number of nitrogens with one attached hydrogen (secondary N) is 2. The molecule has 0 saturated heterocycles. The summed E-state index contributed by atoms with van der Waals surface area (Å²) in [5.41, 5.74) is 5.94. The highest BCUT2D eigenvalue weighted by Gasteiger charge is 2.16. The van der Waals surface area contributed by atoms with Gasteiger partial charge in [-0.1, -0.05) is 12.1 Å². The third-order valence-corrected chi connectivity index (χ3v) is 6.82. The van der Waals surface area contributed by atoms with E-state index in [0.29, 0.717) is 5.69 Å². The van der Waals surface area contributed by atoms with E-state index in [9.17, 15) is 9.90 Å². The lowest BCUT2D eigenvalue weighted by atomic mass is 10.1. The van der Waals surface area contributed by atoms with Gasteiger partial charge in [-0.25, -0.2) is 0 Å². The fraction of sp³-hybridized carbons (Fsp3) is 0.0400. The lowest BCUT2D eigenvalue weighted by Gasteiger charge is -2.01. The second-order valence-electron chi connectivity index (χ2n) is 7.79. The molecule has 0 bridgehead atoms. The van der Waals surface area contributed by atoms with E-state index in [0.717, 1.165) is 54.1 Å². The first-order chi connectivity index (χ1) is 16.1. The monoisotopic (exact) mass is 451 g/mol. The first kappa shape index (κ1) is 19.4. The Balaban J connectivity index is 1.48. The Morgan fingerprint density at radius 3 is 2.73 bits per heavy atom. The summed E-state index contributed by atoms with van der Waals surface area (Å²) in [6, 6.07) is 15.6. The number of ketones is 1. The minimum atomic E-state index is 0.0718. The molecule has 33 heavy (non-hydrogen) atoms. The summed E-state index contributed by atoms with van der Waals surface area (Å²) in [5.74, 6) is 0.161. The van der Waals surface area contributed by atoms with Gasteiger partial charge >= 0.3 is 0 Å². The number of carbonyl (C=O) groups is 1. The van der Waals surface area contributed by atoms with E-state index >= 15 is 0 Å². The number of carbonyl (C=O) groups excluding carboxylic acids is 1. The number of H-pyrrole nitrogens is 2. The first-order valence-corrected chi connectivity index (χ1v) is 11.1. The molecule has 5 aromatic heterocycles. The maximum Gasteiger partial charge on any atom is 0.169 e. The second-order valence-corrected chi connectivity index (χ2v) is 8.87. The summed E-state index contributed by atoms with van der Waals surface area (Å²) in [6.07, 6.45) is 4.79. The molecule has 6 aromatic rings. The fourth-order valence-corrected chi connectivity index (χ4v) is 4.96. The molecule has 8 heteroatoms. The normalized spacial score (nSPS) is 11.4. The maximum atomic E-state index is 11.8. The van der Waals surface area contributed by atoms with Crippen molar-refractivity contribution in [3.8, 4) is 38.8 Å². The van der Waals surface area contributed by atoms with Gasteiger partial charge in [-0.2, -0.15) is 5.10 Å². The Hall–Kier alpha value is -4.30. The molecule has 0 saturated carbocycles. The van der Waals surface area contributed by atoms with Gasteiger partial charge in [-0.05, 0) is 43.3 Å². The van der Waals surface area contributed by atoms with Crippen LogP contribution >= 0.6 is 11.3 Å². The van der Waals surface area contributed by atoms with Crippen LogP contribution in [0.25, 0.3) is 54.9 Å². The van der Waals surface area contributed by atoms with Gasteiger partial charge in [0.2, 0.25) is 0 Å². The second kappa shape index (κ2) is 7.39. The predicted octanol–water partition coefficient (Wildman–Crippen LogP) is 5.80. The van der Waals surface area contributed by atoms with Gasteiger partial charge in [0.15, 0.2) is 5.78 Å². The zero-order chi connectivity index (χ0) is 22.5. The van der Waals surface area contributed by atoms with Crippen molar-refractivity contribution in [3.05, 3.63) is 72.0 Å². The third-order valence-electron chi connectivity index (χ3n) is 5.60. The van der Waals surface area contributed by atoms with Gasteiger partial charge in [0.1, 0.15) is 11.4 Å². The van der Waals surface area contributed by atoms with Crippen LogP contribution in [0.3, 0.4) is 0 Å². The minimum absolute atomic E-state index is 0.0718. The van der Waals surface area contributed by atoms with Crippen LogP contribution < -0.4 is 0 Å². The van der Waals surface area contributed by atoms with E-state index in [1.807, 2.05) is 30.3 Å². The van der Waals surface area contributed by atoms with Gasteiger partial charge in [-0.15, -0.1) is 11.3 Å². The number of aromatic nitrogens is 5. The summed E-state index contributed by atoms with van der Waals surface area (Å²) in [5, 5.41) is 19.3. The van der Waals surface area contributed by atoms with Crippen LogP contribution in [0.15, 0.2) is 67.1 Å². The number of aromatic amines is 2. The summed E-state index contributed by atoms with van der Waals surface area (Å²) in [7, 11) is 0. The van der Waals surface area contributed by atoms with E-state index in [-0.39, 0.29) is 11.5 Å². The number of Topliss-reactive ketones (excluding diaryl/α,β-unsaturated/α-hetero) is 1. The zero-order valence-corrected chi connectivity index (χ0v) is 18.3. The molecule has 3 N–H and O–H groups in total. The number of fused-ring (bicyclic) bond motifs is 2. The minimum Gasteiger partial charge on any atom is -0.506 e. The molecular formula is C25H17N5O2S. The van der Waals surface area contributed by atoms with Gasteiger partial charge < -0.3 is 10.1 Å². The Morgan fingerprint density at radius 1 is 1.00 bits per heavy atom. The van der Waals surface area contributed by atoms with Crippen LogP contribution in [0.2, 0.25) is 0 Å². The van der Waals surface area contributed by atoms with Crippen molar-refractivity contribution in [2.45, 2.75) is 6.92 Å². The van der Waals surface area contributed by atoms with E-state index in [1.54, 1.807) is 25.4 Å². The maximum absolute atomic E-state index is 11.8. The highest BCUT2D eigenvalue weighted by molar-refractivity contribution is 7.17. The molecule has 0 amide bonds. The van der Waals surface area contributed by atoms with Crippen molar-refractivity contribution in [3.63, 3.8) is 0 Å². The Bertz CT molecular complexity index is 1680. The van der Waals surface area contributed by atoms with E-state index in [2.05, 4.69) is 37.3 Å². The van der Waals surface area contributed by atoms with Crippen LogP contribution in [0.1, 0.15) is 16.6 Å². The molecule has 0 fully saturated rings. The standard InChI is InChI=1S/C25H17N5O2S/c1-13(31)23-5-6-24(33-23)16-3-2-4-19-17(16)8-21(28-19)25-18-9-20(27-12-22(18)29-30-25)14-7-15(32)11-26-10-14/h2-12,28,32H,1H3,(H,29,30). The molecule has 160 valence electrons. The summed E-state index contributed by atoms with van der Waals surface area (Å²) in [6.45, 7) is 1.59. The van der Waals surface area contributed by atoms with Gasteiger partial charge in [0.25, 0.3) is 0 Å². The molecule has 0 radical (unpaired) electrons. The first-order valence-electron chi connectivity index (χ1n) is 10.3. The average Bonchev–Trinajstić information content (AvgIpc) is 3.55. The summed E-state index contributed by atoms with van der Waals surface area (Å²) < 4.78 is 0. The van der Waals surface area contributed by atoms with Gasteiger partial charge in [0, 0.05) is 38.5 Å². The number of aromatic hydroxyl groups is 1. The smallest absolute Gasteiger partial charge is 0.169 e. The number of nitrogens with zero attached hydrogens (tertiary/aromatic N) is 3. The third kappa shape index (κ3) is 3.28. The van der Waals surface area contributed by atoms with Crippen molar-refractivity contribution >= 4 is 38.9 Å². The zero-order valence-electron chi connectivity index (χ0n) is 17.5. The highest BCUT2D eigenvalue weighted by atomic mass is 32.1. The van der Waals surface area contributed by atoms with Crippen molar-refractivity contribution < 1.29 is 9.90 Å². The highest BCUT2D eigenvalue weighted by Crippen LogP contribution is 2.37. The number of pyridine rings is 2. The Morgan fingerprint density at radius 2 is 1.91 bits per heavy atom. The Kier molecular flexibility index (Phi) is 4.34. The molecule has 0 spiro atoms. The van der Waals surface area contributed by atoms with Crippen molar-refractivity contribution in [2.75, 3.05) is 0 Å². The lowest BCUT2D eigenvalue weighted by molar-refractivity contribution is 0.102. The van der Waals surface area contributed by atoms with E-state index in [4.69, 9.17) is 0 Å². The molecule has 0 atom stereocenters. The number of hydrogen-bond acceptors (Lipinski definition) is 6. The van der Waals surface area contributed by atoms with Crippen LogP contribution in [-0.2, 0) is 0 Å². The largest absolute Gasteiger partial charge is 0.506 e. The molecule has 1 aromatic carbocycles. The SMILES string of the molecule is CC(=O)c1ccc(-c2cccc3[nH]c(-c4n[nH]c5cnc(-c6cncc(O)c6)cc45)cc23)s1. The number of thiophene rings is 1. The van der Waals surface area contributed by atoms with Crippen molar-refractivity contribution in [2.24, 2.45) is 0 Å². The topological polar surface area (TPSA) is 108 Å². The molecule has 6 rings (SSSR count). The van der Waals surface area contributed by atoms with Gasteiger partial charge in [0.05, 0.1) is 34.2 Å². The molecule has 0 unspecified atom stereocenters. The Labute approximate surface area is 191 Å². The number of rotatable bonds is 4. The molecule has 0 aliphatic rings. The van der Waals surface area contributed by atoms with Crippen molar-refractivity contribution in [1.29, 1.82) is 0 Å². The number of benzene rings is 1. The van der Waals surface area contributed by atoms with Crippen LogP contribution in [0, 0.1) is 0 Å². The van der Waals surface area contributed by atoms with Crippen molar-refractivity contribution in [1.82, 2.24) is 25.1 Å². The molecular weight excluding hydrogens is 434 g/mol. The van der Waals surface area contributed by atoms with E-state index in [1.165, 1.54) is 17.5 Å². The van der Waals surface area contributed by atoms with Crippen LogP contribution in [0.4, 0.5) is 0 Å². The molecule has 0 aliphatic heterocycles.